The molecule has 0 aromatic carbocycles. The lowest BCUT2D eigenvalue weighted by molar-refractivity contribution is 0.210. The van der Waals surface area contributed by atoms with E-state index in [4.69, 9.17) is 0 Å². The second kappa shape index (κ2) is 3.06. The van der Waals surface area contributed by atoms with Crippen molar-refractivity contribution in [3.63, 3.8) is 0 Å². The molecule has 0 aromatic heterocycles. The Kier molecular flexibility index (Phi) is 1.76. The predicted octanol–water partition coefficient (Wildman–Crippen LogP) is 4.65. The van der Waals surface area contributed by atoms with Gasteiger partial charge in [-0.3, -0.25) is 0 Å². The molecule has 0 heteroatoms. The Hall–Kier alpha value is -1.56. The summed E-state index contributed by atoms with van der Waals surface area (Å²) in [5, 5.41) is 0. The van der Waals surface area contributed by atoms with Gasteiger partial charge in [-0.25, -0.2) is 0 Å². The topological polar surface area (TPSA) is 0 Å². The highest BCUT2D eigenvalue weighted by Crippen LogP contribution is 2.66. The van der Waals surface area contributed by atoms with Crippen LogP contribution >= 0.6 is 0 Å². The molecule has 0 bridgehead atoms. The molecule has 18 heavy (non-hydrogen) atoms. The number of rotatable bonds is 0. The van der Waals surface area contributed by atoms with Crippen molar-refractivity contribution in [2.75, 3.05) is 0 Å². The highest BCUT2D eigenvalue weighted by Gasteiger charge is 2.56. The molecule has 4 aliphatic carbocycles. The van der Waals surface area contributed by atoms with E-state index in [2.05, 4.69) is 62.5 Å². The van der Waals surface area contributed by atoms with Crippen LogP contribution in [0.3, 0.4) is 0 Å². The van der Waals surface area contributed by atoms with E-state index in [-0.39, 0.29) is 10.8 Å². The van der Waals surface area contributed by atoms with E-state index in [9.17, 15) is 0 Å². The lowest BCUT2D eigenvalue weighted by Gasteiger charge is -2.57. The second-order valence-electron chi connectivity index (χ2n) is 6.10. The standard InChI is InChI=1S/C18H18/c1-17-13-5-3-6-14(17)10-12-16-8-4-7-15(11-9-13)18(16,17)2/h3-9,11H,10,12H2,1-2H3/t17-,18-/m0/s1. The van der Waals surface area contributed by atoms with Crippen molar-refractivity contribution in [2.24, 2.45) is 10.8 Å². The number of hydrogen-bond donors (Lipinski definition) is 0. The predicted molar refractivity (Wildman–Crippen MR) is 76.1 cm³/mol. The second-order valence-corrected chi connectivity index (χ2v) is 6.10. The first-order chi connectivity index (χ1) is 8.67. The summed E-state index contributed by atoms with van der Waals surface area (Å²) in [4.78, 5) is 0. The summed E-state index contributed by atoms with van der Waals surface area (Å²) in [5.74, 6) is 0. The van der Waals surface area contributed by atoms with E-state index in [1.54, 1.807) is 11.1 Å². The fraction of sp³-hybridized carbons (Fsp3) is 0.333. The van der Waals surface area contributed by atoms with Crippen molar-refractivity contribution in [2.45, 2.75) is 26.7 Å². The van der Waals surface area contributed by atoms with Crippen molar-refractivity contribution in [1.29, 1.82) is 0 Å². The van der Waals surface area contributed by atoms with Gasteiger partial charge in [0.25, 0.3) is 0 Å². The van der Waals surface area contributed by atoms with Gasteiger partial charge in [-0.05, 0) is 24.0 Å². The van der Waals surface area contributed by atoms with Gasteiger partial charge in [0.2, 0.25) is 0 Å². The van der Waals surface area contributed by atoms with Gasteiger partial charge in [0, 0.05) is 10.8 Å². The molecule has 0 aliphatic heterocycles. The van der Waals surface area contributed by atoms with Gasteiger partial charge in [-0.1, -0.05) is 73.6 Å². The van der Waals surface area contributed by atoms with Crippen LogP contribution in [0.25, 0.3) is 0 Å². The molecule has 0 heterocycles. The zero-order valence-corrected chi connectivity index (χ0v) is 11.0. The third-order valence-corrected chi connectivity index (χ3v) is 5.69. The summed E-state index contributed by atoms with van der Waals surface area (Å²) in [6, 6.07) is 0. The Bertz CT molecular complexity index is 562. The van der Waals surface area contributed by atoms with E-state index < -0.39 is 0 Å². The minimum Gasteiger partial charge on any atom is -0.0621 e. The molecular formula is C18H18. The van der Waals surface area contributed by atoms with Gasteiger partial charge in [0.05, 0.1) is 0 Å². The fourth-order valence-corrected chi connectivity index (χ4v) is 4.35. The maximum atomic E-state index is 2.44. The van der Waals surface area contributed by atoms with Gasteiger partial charge in [0.1, 0.15) is 0 Å². The molecular weight excluding hydrogens is 216 g/mol. The van der Waals surface area contributed by atoms with Gasteiger partial charge in [-0.2, -0.15) is 0 Å². The van der Waals surface area contributed by atoms with E-state index in [1.165, 1.54) is 24.0 Å². The average Bonchev–Trinajstić information content (AvgIpc) is 2.37. The summed E-state index contributed by atoms with van der Waals surface area (Å²) in [6.45, 7) is 4.88. The summed E-state index contributed by atoms with van der Waals surface area (Å²) in [7, 11) is 0. The largest absolute Gasteiger partial charge is 0.0621 e. The Morgan fingerprint density at radius 3 is 1.61 bits per heavy atom. The molecule has 0 unspecified atom stereocenters. The smallest absolute Gasteiger partial charge is 0.0268 e. The van der Waals surface area contributed by atoms with Crippen LogP contribution in [0.5, 0.6) is 0 Å². The van der Waals surface area contributed by atoms with Gasteiger partial charge in [-0.15, -0.1) is 0 Å². The highest BCUT2D eigenvalue weighted by molar-refractivity contribution is 5.61. The van der Waals surface area contributed by atoms with E-state index in [0.717, 1.165) is 0 Å². The van der Waals surface area contributed by atoms with Crippen molar-refractivity contribution in [3.05, 3.63) is 70.9 Å². The van der Waals surface area contributed by atoms with E-state index >= 15 is 0 Å². The first-order valence-electron chi connectivity index (χ1n) is 6.86. The molecule has 1 fully saturated rings. The fourth-order valence-electron chi connectivity index (χ4n) is 4.35. The van der Waals surface area contributed by atoms with Crippen molar-refractivity contribution >= 4 is 0 Å². The van der Waals surface area contributed by atoms with E-state index in [1.807, 2.05) is 0 Å². The third kappa shape index (κ3) is 0.913. The van der Waals surface area contributed by atoms with Crippen LogP contribution < -0.4 is 0 Å². The molecule has 1 saturated carbocycles. The monoisotopic (exact) mass is 234 g/mol. The van der Waals surface area contributed by atoms with Gasteiger partial charge >= 0.3 is 0 Å². The van der Waals surface area contributed by atoms with Crippen LogP contribution in [0.2, 0.25) is 0 Å². The van der Waals surface area contributed by atoms with Gasteiger partial charge < -0.3 is 0 Å². The molecule has 0 radical (unpaired) electrons. The Balaban J connectivity index is 2.09. The number of allylic oxidation sites excluding steroid dienone is 12. The van der Waals surface area contributed by atoms with Crippen LogP contribution in [0, 0.1) is 10.8 Å². The van der Waals surface area contributed by atoms with Crippen LogP contribution in [-0.4, -0.2) is 0 Å². The lowest BCUT2D eigenvalue weighted by atomic mass is 9.45. The minimum atomic E-state index is 0.167. The molecule has 0 aromatic rings. The SMILES string of the molecule is C[C@]12C3=CC=C4C=CC=C(CCC1=CC=C3)[C@]42C. The number of hydrogen-bond acceptors (Lipinski definition) is 0. The average molecular weight is 234 g/mol. The Labute approximate surface area is 109 Å². The van der Waals surface area contributed by atoms with E-state index in [0.29, 0.717) is 0 Å². The summed E-state index contributed by atoms with van der Waals surface area (Å²) < 4.78 is 0. The lowest BCUT2D eigenvalue weighted by Crippen LogP contribution is -2.48. The highest BCUT2D eigenvalue weighted by atomic mass is 14.6. The first-order valence-corrected chi connectivity index (χ1v) is 6.86. The molecule has 4 rings (SSSR count). The third-order valence-electron chi connectivity index (χ3n) is 5.69. The van der Waals surface area contributed by atoms with Crippen molar-refractivity contribution < 1.29 is 0 Å². The summed E-state index contributed by atoms with van der Waals surface area (Å²) in [6.07, 6.45) is 20.8. The molecule has 0 saturated heterocycles. The zero-order chi connectivity index (χ0) is 12.4. The minimum absolute atomic E-state index is 0.167. The quantitative estimate of drug-likeness (QED) is 0.572. The zero-order valence-electron chi connectivity index (χ0n) is 11.0. The van der Waals surface area contributed by atoms with Crippen molar-refractivity contribution in [1.82, 2.24) is 0 Å². The first kappa shape index (κ1) is 10.4. The van der Waals surface area contributed by atoms with Crippen LogP contribution in [0.1, 0.15) is 26.7 Å². The Morgan fingerprint density at radius 1 is 0.722 bits per heavy atom. The molecule has 0 nitrogen and oxygen atoms in total. The molecule has 0 N–H and O–H groups in total. The molecule has 90 valence electrons. The molecule has 0 amide bonds. The normalized spacial score (nSPS) is 39.4. The van der Waals surface area contributed by atoms with Crippen LogP contribution in [-0.2, 0) is 0 Å². The molecule has 4 aliphatic rings. The van der Waals surface area contributed by atoms with Crippen molar-refractivity contribution in [3.8, 4) is 0 Å². The van der Waals surface area contributed by atoms with Crippen LogP contribution in [0.4, 0.5) is 0 Å². The maximum absolute atomic E-state index is 2.44. The maximum Gasteiger partial charge on any atom is 0.0268 e. The Morgan fingerprint density at radius 2 is 1.17 bits per heavy atom. The molecule has 0 spiro atoms. The molecule has 2 atom stereocenters. The van der Waals surface area contributed by atoms with Gasteiger partial charge in [0.15, 0.2) is 0 Å². The summed E-state index contributed by atoms with van der Waals surface area (Å²) in [5.41, 5.74) is 6.51. The summed E-state index contributed by atoms with van der Waals surface area (Å²) >= 11 is 0. The van der Waals surface area contributed by atoms with Crippen LogP contribution in [0.15, 0.2) is 70.9 Å².